The standard InChI is InChI=1S/C12H11BrF3N3O/c1-2-3-8(11-17-12(13)19-18-11)20-7-5-4-6(14)9(15)10(7)16/h4-5,8H,2-3H2,1H3,(H,17,18,19). The second-order valence-corrected chi connectivity index (χ2v) is 4.77. The molecule has 1 unspecified atom stereocenters. The number of halogens is 4. The second-order valence-electron chi connectivity index (χ2n) is 4.06. The number of H-pyrrole nitrogens is 1. The van der Waals surface area contributed by atoms with Crippen LogP contribution in [0.2, 0.25) is 0 Å². The zero-order valence-electron chi connectivity index (χ0n) is 10.5. The maximum absolute atomic E-state index is 13.6. The van der Waals surface area contributed by atoms with E-state index in [1.54, 1.807) is 0 Å². The highest BCUT2D eigenvalue weighted by atomic mass is 79.9. The van der Waals surface area contributed by atoms with Crippen LogP contribution in [0.15, 0.2) is 16.9 Å². The van der Waals surface area contributed by atoms with Gasteiger partial charge in [0.25, 0.3) is 0 Å². The molecule has 0 spiro atoms. The molecule has 1 atom stereocenters. The van der Waals surface area contributed by atoms with Gasteiger partial charge in [-0.25, -0.2) is 13.8 Å². The van der Waals surface area contributed by atoms with E-state index in [2.05, 4.69) is 31.1 Å². The van der Waals surface area contributed by atoms with Crippen LogP contribution in [0.1, 0.15) is 31.7 Å². The smallest absolute Gasteiger partial charge is 0.217 e. The Hall–Kier alpha value is -1.57. The van der Waals surface area contributed by atoms with Crippen molar-refractivity contribution in [3.63, 3.8) is 0 Å². The number of benzene rings is 1. The topological polar surface area (TPSA) is 50.8 Å². The Bertz CT molecular complexity index is 606. The van der Waals surface area contributed by atoms with Crippen LogP contribution in [-0.4, -0.2) is 15.2 Å². The Balaban J connectivity index is 2.27. The molecule has 2 rings (SSSR count). The van der Waals surface area contributed by atoms with E-state index in [0.29, 0.717) is 17.0 Å². The molecule has 1 N–H and O–H groups in total. The van der Waals surface area contributed by atoms with Gasteiger partial charge in [0.1, 0.15) is 0 Å². The van der Waals surface area contributed by atoms with Crippen LogP contribution < -0.4 is 4.74 Å². The average molecular weight is 350 g/mol. The van der Waals surface area contributed by atoms with E-state index >= 15 is 0 Å². The van der Waals surface area contributed by atoms with E-state index in [1.165, 1.54) is 0 Å². The van der Waals surface area contributed by atoms with E-state index in [1.807, 2.05) is 6.92 Å². The predicted molar refractivity (Wildman–Crippen MR) is 68.7 cm³/mol. The van der Waals surface area contributed by atoms with Gasteiger partial charge in [-0.2, -0.15) is 4.39 Å². The molecule has 108 valence electrons. The van der Waals surface area contributed by atoms with Crippen molar-refractivity contribution in [2.75, 3.05) is 0 Å². The number of aromatic amines is 1. The zero-order valence-corrected chi connectivity index (χ0v) is 12.0. The fourth-order valence-electron chi connectivity index (χ4n) is 1.66. The second kappa shape index (κ2) is 6.25. The lowest BCUT2D eigenvalue weighted by atomic mass is 10.2. The number of aromatic nitrogens is 3. The average Bonchev–Trinajstić information content (AvgIpc) is 2.85. The largest absolute Gasteiger partial charge is 0.479 e. The van der Waals surface area contributed by atoms with Gasteiger partial charge < -0.3 is 4.74 Å². The van der Waals surface area contributed by atoms with Gasteiger partial charge in [-0.3, -0.25) is 5.10 Å². The lowest BCUT2D eigenvalue weighted by molar-refractivity contribution is 0.173. The quantitative estimate of drug-likeness (QED) is 0.832. The van der Waals surface area contributed by atoms with Crippen molar-refractivity contribution in [2.24, 2.45) is 0 Å². The molecule has 0 saturated carbocycles. The summed E-state index contributed by atoms with van der Waals surface area (Å²) in [6, 6.07) is 1.86. The molecule has 1 aromatic heterocycles. The van der Waals surface area contributed by atoms with Crippen LogP contribution in [-0.2, 0) is 0 Å². The molecule has 0 bridgehead atoms. The molecule has 4 nitrogen and oxygen atoms in total. The van der Waals surface area contributed by atoms with Gasteiger partial charge in [0.2, 0.25) is 10.6 Å². The first-order chi connectivity index (χ1) is 9.52. The monoisotopic (exact) mass is 349 g/mol. The van der Waals surface area contributed by atoms with E-state index in [9.17, 15) is 13.2 Å². The fraction of sp³-hybridized carbons (Fsp3) is 0.333. The Labute approximate surface area is 121 Å². The van der Waals surface area contributed by atoms with Crippen molar-refractivity contribution in [3.8, 4) is 5.75 Å². The molecule has 0 amide bonds. The maximum Gasteiger partial charge on any atom is 0.217 e. The van der Waals surface area contributed by atoms with Gasteiger partial charge in [-0.05, 0) is 34.5 Å². The van der Waals surface area contributed by atoms with Crippen molar-refractivity contribution in [1.82, 2.24) is 15.2 Å². The molecule has 0 aliphatic rings. The summed E-state index contributed by atoms with van der Waals surface area (Å²) in [7, 11) is 0. The molecule has 20 heavy (non-hydrogen) atoms. The Kier molecular flexibility index (Phi) is 4.64. The number of hydrogen-bond donors (Lipinski definition) is 1. The maximum atomic E-state index is 13.6. The molecular formula is C12H11BrF3N3O. The highest BCUT2D eigenvalue weighted by Gasteiger charge is 2.21. The molecule has 0 saturated heterocycles. The first kappa shape index (κ1) is 14.8. The predicted octanol–water partition coefficient (Wildman–Crippen LogP) is 3.90. The minimum absolute atomic E-state index is 0.336. The van der Waals surface area contributed by atoms with Crippen LogP contribution in [0.25, 0.3) is 0 Å². The van der Waals surface area contributed by atoms with Crippen molar-refractivity contribution < 1.29 is 17.9 Å². The van der Waals surface area contributed by atoms with Crippen molar-refractivity contribution >= 4 is 15.9 Å². The molecule has 2 aromatic rings. The molecule has 0 aliphatic heterocycles. The number of nitrogens with zero attached hydrogens (tertiary/aromatic N) is 2. The summed E-state index contributed by atoms with van der Waals surface area (Å²) >= 11 is 3.08. The van der Waals surface area contributed by atoms with Gasteiger partial charge in [0, 0.05) is 0 Å². The van der Waals surface area contributed by atoms with Gasteiger partial charge in [-0.1, -0.05) is 13.3 Å². The third kappa shape index (κ3) is 3.12. The van der Waals surface area contributed by atoms with Gasteiger partial charge in [0.05, 0.1) is 0 Å². The summed E-state index contributed by atoms with van der Waals surface area (Å²) in [5.74, 6) is -4.16. The molecule has 8 heteroatoms. The number of rotatable bonds is 5. The van der Waals surface area contributed by atoms with E-state index in [-0.39, 0.29) is 5.75 Å². The Morgan fingerprint density at radius 2 is 2.05 bits per heavy atom. The lowest BCUT2D eigenvalue weighted by Crippen LogP contribution is -2.11. The summed E-state index contributed by atoms with van der Waals surface area (Å²) in [4.78, 5) is 4.03. The van der Waals surface area contributed by atoms with E-state index < -0.39 is 23.6 Å². The number of hydrogen-bond acceptors (Lipinski definition) is 3. The van der Waals surface area contributed by atoms with Gasteiger partial charge in [-0.15, -0.1) is 5.10 Å². The normalized spacial score (nSPS) is 12.4. The summed E-state index contributed by atoms with van der Waals surface area (Å²) in [5, 5.41) is 6.42. The Morgan fingerprint density at radius 1 is 1.30 bits per heavy atom. The summed E-state index contributed by atoms with van der Waals surface area (Å²) in [6.07, 6.45) is 0.618. The minimum atomic E-state index is -1.56. The molecule has 1 heterocycles. The van der Waals surface area contributed by atoms with Crippen LogP contribution in [0, 0.1) is 17.5 Å². The lowest BCUT2D eigenvalue weighted by Gasteiger charge is -2.16. The third-order valence-electron chi connectivity index (χ3n) is 2.60. The molecule has 0 radical (unpaired) electrons. The molecule has 1 aromatic carbocycles. The van der Waals surface area contributed by atoms with Crippen LogP contribution in [0.3, 0.4) is 0 Å². The van der Waals surface area contributed by atoms with Crippen LogP contribution in [0.5, 0.6) is 5.75 Å². The van der Waals surface area contributed by atoms with Crippen molar-refractivity contribution in [1.29, 1.82) is 0 Å². The van der Waals surface area contributed by atoms with Gasteiger partial charge in [0.15, 0.2) is 29.3 Å². The highest BCUT2D eigenvalue weighted by molar-refractivity contribution is 9.10. The summed E-state index contributed by atoms with van der Waals surface area (Å²) in [6.45, 7) is 1.91. The fourth-order valence-corrected chi connectivity index (χ4v) is 1.94. The Morgan fingerprint density at radius 3 is 2.65 bits per heavy atom. The van der Waals surface area contributed by atoms with E-state index in [4.69, 9.17) is 4.74 Å². The van der Waals surface area contributed by atoms with Crippen LogP contribution >= 0.6 is 15.9 Å². The van der Waals surface area contributed by atoms with Gasteiger partial charge >= 0.3 is 0 Å². The number of nitrogens with one attached hydrogen (secondary N) is 1. The summed E-state index contributed by atoms with van der Waals surface area (Å²) < 4.78 is 45.3. The zero-order chi connectivity index (χ0) is 14.7. The van der Waals surface area contributed by atoms with E-state index in [0.717, 1.165) is 18.6 Å². The first-order valence-electron chi connectivity index (χ1n) is 5.90. The molecule has 0 fully saturated rings. The summed E-state index contributed by atoms with van der Waals surface area (Å²) in [5.41, 5.74) is 0. The van der Waals surface area contributed by atoms with Crippen molar-refractivity contribution in [3.05, 3.63) is 40.1 Å². The minimum Gasteiger partial charge on any atom is -0.479 e. The van der Waals surface area contributed by atoms with Crippen molar-refractivity contribution in [2.45, 2.75) is 25.9 Å². The SMILES string of the molecule is CCCC(Oc1ccc(F)c(F)c1F)c1nc(Br)n[nH]1. The first-order valence-corrected chi connectivity index (χ1v) is 6.70. The molecule has 0 aliphatic carbocycles. The van der Waals surface area contributed by atoms with Crippen LogP contribution in [0.4, 0.5) is 13.2 Å². The third-order valence-corrected chi connectivity index (χ3v) is 2.95. The number of ether oxygens (including phenoxy) is 1. The highest BCUT2D eigenvalue weighted by Crippen LogP contribution is 2.28. The molecular weight excluding hydrogens is 339 g/mol.